The monoisotopic (exact) mass is 550 g/mol. The van der Waals surface area contributed by atoms with E-state index in [-0.39, 0.29) is 21.4 Å². The normalized spacial score (nSPS) is 10.8. The molecule has 0 aliphatic carbocycles. The number of carbonyl (C=O) groups is 1. The van der Waals surface area contributed by atoms with Crippen LogP contribution in [-0.2, 0) is 0 Å². The van der Waals surface area contributed by atoms with E-state index in [4.69, 9.17) is 44.6 Å². The van der Waals surface area contributed by atoms with Crippen LogP contribution in [0.15, 0.2) is 57.7 Å². The van der Waals surface area contributed by atoms with Crippen LogP contribution < -0.4 is 15.4 Å². The fraction of sp³-hybridized carbons (Fsp3) is 0.0476. The number of amides is 1. The van der Waals surface area contributed by atoms with Crippen molar-refractivity contribution in [3.05, 3.63) is 68.9 Å². The minimum atomic E-state index is -0.518. The SMILES string of the molecule is COc1c(Cl)cc(Cl)cc1C(=O)NC(=S)Nc1ccc2oc(-c3cncc(Br)c3)nc2c1. The maximum absolute atomic E-state index is 12.7. The predicted molar refractivity (Wildman–Crippen MR) is 132 cm³/mol. The van der Waals surface area contributed by atoms with Crippen LogP contribution in [-0.4, -0.2) is 28.1 Å². The summed E-state index contributed by atoms with van der Waals surface area (Å²) in [7, 11) is 1.41. The molecule has 0 atom stereocenters. The van der Waals surface area contributed by atoms with Gasteiger partial charge in [-0.15, -0.1) is 0 Å². The molecule has 2 heterocycles. The third kappa shape index (κ3) is 4.86. The van der Waals surface area contributed by atoms with Crippen molar-refractivity contribution in [3.63, 3.8) is 0 Å². The molecule has 7 nitrogen and oxygen atoms in total. The fourth-order valence-corrected chi connectivity index (χ4v) is 4.07. The molecule has 0 aliphatic heterocycles. The van der Waals surface area contributed by atoms with Crippen LogP contribution in [0.5, 0.6) is 5.75 Å². The number of nitrogens with zero attached hydrogens (tertiary/aromatic N) is 2. The molecule has 4 rings (SSSR count). The lowest BCUT2D eigenvalue weighted by molar-refractivity contribution is 0.0975. The first kappa shape index (κ1) is 22.5. The summed E-state index contributed by atoms with van der Waals surface area (Å²) in [6.45, 7) is 0. The molecule has 0 aliphatic rings. The number of methoxy groups -OCH3 is 1. The van der Waals surface area contributed by atoms with Gasteiger partial charge in [0, 0.05) is 27.6 Å². The largest absolute Gasteiger partial charge is 0.494 e. The van der Waals surface area contributed by atoms with Gasteiger partial charge in [-0.2, -0.15) is 0 Å². The highest BCUT2D eigenvalue weighted by Crippen LogP contribution is 2.32. The van der Waals surface area contributed by atoms with Gasteiger partial charge in [-0.05, 0) is 64.5 Å². The highest BCUT2D eigenvalue weighted by molar-refractivity contribution is 9.10. The molecular weight excluding hydrogens is 539 g/mol. The summed E-state index contributed by atoms with van der Waals surface area (Å²) in [5.41, 5.74) is 2.72. The summed E-state index contributed by atoms with van der Waals surface area (Å²) in [4.78, 5) is 21.3. The number of rotatable bonds is 4. The van der Waals surface area contributed by atoms with Crippen LogP contribution in [0, 0.1) is 0 Å². The first-order valence-electron chi connectivity index (χ1n) is 9.01. The zero-order valence-electron chi connectivity index (χ0n) is 16.3. The maximum atomic E-state index is 12.7. The summed E-state index contributed by atoms with van der Waals surface area (Å²) in [6, 6.07) is 10.1. The Balaban J connectivity index is 1.51. The van der Waals surface area contributed by atoms with E-state index < -0.39 is 5.91 Å². The summed E-state index contributed by atoms with van der Waals surface area (Å²) < 4.78 is 11.8. The van der Waals surface area contributed by atoms with Gasteiger partial charge < -0.3 is 14.5 Å². The Morgan fingerprint density at radius 2 is 2.00 bits per heavy atom. The van der Waals surface area contributed by atoms with Gasteiger partial charge in [-0.3, -0.25) is 15.1 Å². The van der Waals surface area contributed by atoms with E-state index in [0.717, 1.165) is 10.0 Å². The summed E-state index contributed by atoms with van der Waals surface area (Å²) >= 11 is 20.8. The predicted octanol–water partition coefficient (Wildman–Crippen LogP) is 6.09. The molecule has 2 aromatic heterocycles. The Bertz CT molecular complexity index is 1360. The topological polar surface area (TPSA) is 89.3 Å². The van der Waals surface area contributed by atoms with Crippen molar-refractivity contribution >= 4 is 79.2 Å². The number of hydrogen-bond acceptors (Lipinski definition) is 6. The number of oxazole rings is 1. The molecule has 0 bridgehead atoms. The highest BCUT2D eigenvalue weighted by Gasteiger charge is 2.18. The van der Waals surface area contributed by atoms with Crippen LogP contribution in [0.2, 0.25) is 10.0 Å². The average Bonchev–Trinajstić information content (AvgIpc) is 3.16. The molecule has 162 valence electrons. The molecule has 0 fully saturated rings. The second-order valence-electron chi connectivity index (χ2n) is 6.47. The zero-order valence-corrected chi connectivity index (χ0v) is 20.2. The lowest BCUT2D eigenvalue weighted by atomic mass is 10.2. The van der Waals surface area contributed by atoms with Gasteiger partial charge in [-0.25, -0.2) is 4.98 Å². The van der Waals surface area contributed by atoms with Crippen molar-refractivity contribution in [3.8, 4) is 17.2 Å². The molecule has 0 saturated carbocycles. The number of anilines is 1. The molecular formula is C21H13BrCl2N4O3S. The van der Waals surface area contributed by atoms with Crippen LogP contribution in [0.4, 0.5) is 5.69 Å². The first-order chi connectivity index (χ1) is 15.3. The standard InChI is InChI=1S/C21H13BrCl2N4O3S/c1-30-18-14(5-12(23)6-15(18)24)19(29)28-21(32)26-13-2-3-17-16(7-13)27-20(31-17)10-4-11(22)9-25-8-10/h2-9H,1H3,(H2,26,28,29,32). The second kappa shape index (κ2) is 9.41. The van der Waals surface area contributed by atoms with Gasteiger partial charge in [-0.1, -0.05) is 23.2 Å². The highest BCUT2D eigenvalue weighted by atomic mass is 79.9. The summed E-state index contributed by atoms with van der Waals surface area (Å²) in [5, 5.41) is 6.13. The smallest absolute Gasteiger partial charge is 0.261 e. The van der Waals surface area contributed by atoms with Crippen LogP contribution in [0.3, 0.4) is 0 Å². The number of carbonyl (C=O) groups excluding carboxylic acids is 1. The van der Waals surface area contributed by atoms with Crippen molar-refractivity contribution in [1.29, 1.82) is 0 Å². The Kier molecular flexibility index (Phi) is 6.61. The van der Waals surface area contributed by atoms with Crippen molar-refractivity contribution in [2.24, 2.45) is 0 Å². The molecule has 1 amide bonds. The number of nitrogens with one attached hydrogen (secondary N) is 2. The first-order valence-corrected chi connectivity index (χ1v) is 11.0. The van der Waals surface area contributed by atoms with Gasteiger partial charge in [0.25, 0.3) is 5.91 Å². The molecule has 11 heteroatoms. The van der Waals surface area contributed by atoms with E-state index >= 15 is 0 Å². The van der Waals surface area contributed by atoms with Crippen LogP contribution in [0.1, 0.15) is 10.4 Å². The van der Waals surface area contributed by atoms with E-state index in [1.807, 2.05) is 6.07 Å². The zero-order chi connectivity index (χ0) is 22.8. The molecule has 0 spiro atoms. The molecule has 4 aromatic rings. The minimum Gasteiger partial charge on any atom is -0.494 e. The molecule has 0 radical (unpaired) electrons. The number of fused-ring (bicyclic) bond motifs is 1. The number of aromatic nitrogens is 2. The van der Waals surface area contributed by atoms with E-state index in [9.17, 15) is 4.79 Å². The quantitative estimate of drug-likeness (QED) is 0.296. The van der Waals surface area contributed by atoms with E-state index in [1.165, 1.54) is 19.2 Å². The Morgan fingerprint density at radius 1 is 1.19 bits per heavy atom. The van der Waals surface area contributed by atoms with Crippen LogP contribution >= 0.6 is 51.3 Å². The van der Waals surface area contributed by atoms with Gasteiger partial charge >= 0.3 is 0 Å². The number of benzene rings is 2. The summed E-state index contributed by atoms with van der Waals surface area (Å²) in [5.74, 6) is 0.123. The minimum absolute atomic E-state index is 0.0763. The van der Waals surface area contributed by atoms with Crippen molar-refractivity contribution < 1.29 is 13.9 Å². The van der Waals surface area contributed by atoms with Gasteiger partial charge in [0.1, 0.15) is 11.3 Å². The van der Waals surface area contributed by atoms with E-state index in [0.29, 0.717) is 27.7 Å². The maximum Gasteiger partial charge on any atom is 0.261 e. The number of halogens is 3. The van der Waals surface area contributed by atoms with Gasteiger partial charge in [0.05, 0.1) is 23.3 Å². The molecule has 0 unspecified atom stereocenters. The molecule has 0 saturated heterocycles. The number of hydrogen-bond donors (Lipinski definition) is 2. The fourth-order valence-electron chi connectivity index (χ4n) is 2.93. The van der Waals surface area contributed by atoms with Gasteiger partial charge in [0.15, 0.2) is 10.7 Å². The van der Waals surface area contributed by atoms with Crippen molar-refractivity contribution in [2.75, 3.05) is 12.4 Å². The van der Waals surface area contributed by atoms with Gasteiger partial charge in [0.2, 0.25) is 5.89 Å². The average molecular weight is 552 g/mol. The Labute approximate surface area is 206 Å². The molecule has 32 heavy (non-hydrogen) atoms. The lowest BCUT2D eigenvalue weighted by Gasteiger charge is -2.13. The Hall–Kier alpha value is -2.72. The number of pyridine rings is 1. The lowest BCUT2D eigenvalue weighted by Crippen LogP contribution is -2.34. The number of thiocarbonyl (C=S) groups is 1. The second-order valence-corrected chi connectivity index (χ2v) is 8.64. The third-order valence-electron chi connectivity index (χ3n) is 4.28. The molecule has 2 aromatic carbocycles. The third-order valence-corrected chi connectivity index (χ3v) is 5.42. The molecule has 2 N–H and O–H groups in total. The Morgan fingerprint density at radius 3 is 2.75 bits per heavy atom. The van der Waals surface area contributed by atoms with E-state index in [1.54, 1.807) is 30.6 Å². The van der Waals surface area contributed by atoms with Crippen molar-refractivity contribution in [2.45, 2.75) is 0 Å². The summed E-state index contributed by atoms with van der Waals surface area (Å²) in [6.07, 6.45) is 3.34. The van der Waals surface area contributed by atoms with Crippen molar-refractivity contribution in [1.82, 2.24) is 15.3 Å². The number of ether oxygens (including phenoxy) is 1. The van der Waals surface area contributed by atoms with E-state index in [2.05, 4.69) is 36.5 Å². The van der Waals surface area contributed by atoms with Crippen LogP contribution in [0.25, 0.3) is 22.6 Å².